The largest absolute Gasteiger partial charge is 0.456 e. The number of hydrogen-bond donors (Lipinski definition) is 0. The van der Waals surface area contributed by atoms with Gasteiger partial charge in [0.15, 0.2) is 0 Å². The summed E-state index contributed by atoms with van der Waals surface area (Å²) in [5, 5.41) is 7.89. The molecule has 0 aliphatic carbocycles. The highest BCUT2D eigenvalue weighted by Gasteiger charge is 2.26. The van der Waals surface area contributed by atoms with Crippen molar-refractivity contribution in [2.24, 2.45) is 0 Å². The zero-order chi connectivity index (χ0) is 36.0. The minimum Gasteiger partial charge on any atom is -0.456 e. The molecule has 55 heavy (non-hydrogen) atoms. The van der Waals surface area contributed by atoms with Crippen LogP contribution >= 0.6 is 0 Å². The minimum absolute atomic E-state index is 0.619. The van der Waals surface area contributed by atoms with E-state index in [-0.39, 0.29) is 0 Å². The third-order valence-corrected chi connectivity index (χ3v) is 11.1. The first-order valence-electron chi connectivity index (χ1n) is 18.6. The van der Waals surface area contributed by atoms with Gasteiger partial charge in [0.2, 0.25) is 5.95 Å². The van der Waals surface area contributed by atoms with Gasteiger partial charge in [0.05, 0.1) is 22.1 Å². The molecule has 12 rings (SSSR count). The van der Waals surface area contributed by atoms with E-state index < -0.39 is 0 Å². The fourth-order valence-electron chi connectivity index (χ4n) is 8.82. The van der Waals surface area contributed by atoms with E-state index in [1.54, 1.807) is 0 Å². The Morgan fingerprint density at radius 1 is 0.400 bits per heavy atom. The molecule has 0 saturated carbocycles. The van der Waals surface area contributed by atoms with Crippen LogP contribution in [0, 0.1) is 0 Å². The molecular weight excluding hydrogens is 673 g/mol. The molecule has 0 fully saturated rings. The maximum atomic E-state index is 6.39. The lowest BCUT2D eigenvalue weighted by Crippen LogP contribution is -2.04. The maximum Gasteiger partial charge on any atom is 0.235 e. The second-order valence-electron chi connectivity index (χ2n) is 14.1. The van der Waals surface area contributed by atoms with Crippen LogP contribution in [0.3, 0.4) is 0 Å². The number of aromatic nitrogens is 4. The normalized spacial score (nSPS) is 12.0. The molecule has 0 N–H and O–H groups in total. The average molecular weight is 703 g/mol. The molecule has 0 bridgehead atoms. The first-order valence-corrected chi connectivity index (χ1v) is 18.6. The molecule has 12 aromatic rings. The van der Waals surface area contributed by atoms with Crippen LogP contribution in [0.1, 0.15) is 0 Å². The van der Waals surface area contributed by atoms with Gasteiger partial charge in [0.1, 0.15) is 22.4 Å². The number of furan rings is 1. The van der Waals surface area contributed by atoms with Crippen LogP contribution in [0.15, 0.2) is 186 Å². The van der Waals surface area contributed by atoms with E-state index in [0.717, 1.165) is 88.0 Å². The molecule has 0 amide bonds. The van der Waals surface area contributed by atoms with Crippen molar-refractivity contribution in [1.29, 1.82) is 0 Å². The number of benzene rings is 8. The first-order chi connectivity index (χ1) is 27.3. The van der Waals surface area contributed by atoms with E-state index in [1.807, 2.05) is 12.1 Å². The summed E-state index contributed by atoms with van der Waals surface area (Å²) in [6.07, 6.45) is 0. The van der Waals surface area contributed by atoms with Gasteiger partial charge in [-0.2, -0.15) is 0 Å². The lowest BCUT2D eigenvalue weighted by molar-refractivity contribution is 0.669. The molecule has 0 radical (unpaired) electrons. The highest BCUT2D eigenvalue weighted by Crippen LogP contribution is 2.45. The molecule has 5 nitrogen and oxygen atoms in total. The van der Waals surface area contributed by atoms with Gasteiger partial charge < -0.3 is 8.98 Å². The Morgan fingerprint density at radius 3 is 1.82 bits per heavy atom. The fourth-order valence-corrected chi connectivity index (χ4v) is 8.82. The Hall–Kier alpha value is -7.50. The van der Waals surface area contributed by atoms with E-state index in [4.69, 9.17) is 14.4 Å². The molecule has 0 aliphatic heterocycles. The van der Waals surface area contributed by atoms with Crippen molar-refractivity contribution in [1.82, 2.24) is 19.1 Å². The van der Waals surface area contributed by atoms with Crippen LogP contribution in [-0.4, -0.2) is 19.1 Å². The molecular formula is C50H30N4O. The van der Waals surface area contributed by atoms with Crippen LogP contribution in [0.4, 0.5) is 0 Å². The van der Waals surface area contributed by atoms with Crippen LogP contribution in [-0.2, 0) is 0 Å². The quantitative estimate of drug-likeness (QED) is 0.183. The molecule has 8 aromatic carbocycles. The van der Waals surface area contributed by atoms with Crippen molar-refractivity contribution in [3.63, 3.8) is 0 Å². The number of hydrogen-bond acceptors (Lipinski definition) is 3. The van der Waals surface area contributed by atoms with E-state index in [2.05, 4.69) is 179 Å². The lowest BCUT2D eigenvalue weighted by atomic mass is 9.95. The third-order valence-electron chi connectivity index (χ3n) is 11.1. The Kier molecular flexibility index (Phi) is 6.27. The Balaban J connectivity index is 1.29. The number of nitrogens with zero attached hydrogens (tertiary/aromatic N) is 4. The van der Waals surface area contributed by atoms with Gasteiger partial charge in [-0.1, -0.05) is 140 Å². The second kappa shape index (κ2) is 11.5. The zero-order valence-corrected chi connectivity index (χ0v) is 29.5. The standard InChI is InChI=1S/C50H30N4O/c1-4-16-31(17-5-1)38-30-41-45(35-23-11-10-22-34(35)38)48-49(53(41)33-20-8-3-9-21-33)47(32-18-6-2-7-19-32)51-50(52-48)54-39-26-14-12-24-36(39)44-40(54)28-29-43-46(44)37-25-13-15-27-42(37)55-43/h1-30H. The molecule has 0 aliphatic rings. The summed E-state index contributed by atoms with van der Waals surface area (Å²) in [5.74, 6) is 0.619. The Labute approximate surface area is 315 Å². The predicted molar refractivity (Wildman–Crippen MR) is 226 cm³/mol. The molecule has 5 heteroatoms. The van der Waals surface area contributed by atoms with Gasteiger partial charge in [-0.05, 0) is 64.4 Å². The first kappa shape index (κ1) is 30.0. The summed E-state index contributed by atoms with van der Waals surface area (Å²) < 4.78 is 11.0. The smallest absolute Gasteiger partial charge is 0.235 e. The summed E-state index contributed by atoms with van der Waals surface area (Å²) in [6.45, 7) is 0. The monoisotopic (exact) mass is 702 g/mol. The molecule has 256 valence electrons. The SMILES string of the molecule is c1ccc(-c2cc3c(c4ccccc24)c2nc(-n4c5ccccc5c5c6c(ccc54)oc4ccccc46)nc(-c4ccccc4)c2n3-c2ccccc2)cc1. The molecule has 4 heterocycles. The molecule has 0 saturated heterocycles. The van der Waals surface area contributed by atoms with Gasteiger partial charge in [0.25, 0.3) is 0 Å². The molecule has 0 spiro atoms. The van der Waals surface area contributed by atoms with E-state index in [9.17, 15) is 0 Å². The van der Waals surface area contributed by atoms with Gasteiger partial charge >= 0.3 is 0 Å². The highest BCUT2D eigenvalue weighted by molar-refractivity contribution is 6.28. The lowest BCUT2D eigenvalue weighted by Gasteiger charge is -2.13. The van der Waals surface area contributed by atoms with Crippen LogP contribution in [0.2, 0.25) is 0 Å². The minimum atomic E-state index is 0.619. The summed E-state index contributed by atoms with van der Waals surface area (Å²) >= 11 is 0. The van der Waals surface area contributed by atoms with Gasteiger partial charge in [-0.15, -0.1) is 0 Å². The Bertz CT molecular complexity index is 3470. The zero-order valence-electron chi connectivity index (χ0n) is 29.5. The van der Waals surface area contributed by atoms with Gasteiger partial charge in [0, 0.05) is 38.2 Å². The van der Waals surface area contributed by atoms with Crippen molar-refractivity contribution >= 4 is 76.5 Å². The van der Waals surface area contributed by atoms with Crippen molar-refractivity contribution in [2.45, 2.75) is 0 Å². The highest BCUT2D eigenvalue weighted by atomic mass is 16.3. The molecule has 4 aromatic heterocycles. The van der Waals surface area contributed by atoms with Crippen molar-refractivity contribution < 1.29 is 4.42 Å². The summed E-state index contributed by atoms with van der Waals surface area (Å²) in [7, 11) is 0. The fraction of sp³-hybridized carbons (Fsp3) is 0. The van der Waals surface area contributed by atoms with Crippen LogP contribution < -0.4 is 0 Å². The van der Waals surface area contributed by atoms with Crippen LogP contribution in [0.5, 0.6) is 0 Å². The molecule has 0 unspecified atom stereocenters. The van der Waals surface area contributed by atoms with Gasteiger partial charge in [-0.3, -0.25) is 4.57 Å². The van der Waals surface area contributed by atoms with Crippen LogP contribution in [0.25, 0.3) is 110 Å². The summed E-state index contributed by atoms with van der Waals surface area (Å²) in [5.41, 5.74) is 12.0. The Morgan fingerprint density at radius 2 is 1.04 bits per heavy atom. The topological polar surface area (TPSA) is 48.8 Å². The molecule has 0 atom stereocenters. The second-order valence-corrected chi connectivity index (χ2v) is 14.1. The number of rotatable bonds is 4. The summed E-state index contributed by atoms with van der Waals surface area (Å²) in [6, 6.07) is 64.0. The van der Waals surface area contributed by atoms with Crippen molar-refractivity contribution in [2.75, 3.05) is 0 Å². The third kappa shape index (κ3) is 4.29. The number of para-hydroxylation sites is 3. The van der Waals surface area contributed by atoms with Crippen molar-refractivity contribution in [3.05, 3.63) is 182 Å². The number of fused-ring (bicyclic) bond motifs is 12. The van der Waals surface area contributed by atoms with Gasteiger partial charge in [-0.25, -0.2) is 9.97 Å². The predicted octanol–water partition coefficient (Wildman–Crippen LogP) is 13.1. The van der Waals surface area contributed by atoms with E-state index >= 15 is 0 Å². The average Bonchev–Trinajstić information content (AvgIpc) is 3.91. The van der Waals surface area contributed by atoms with E-state index in [0.29, 0.717) is 5.95 Å². The van der Waals surface area contributed by atoms with E-state index in [1.165, 1.54) is 16.5 Å². The maximum absolute atomic E-state index is 6.39. The van der Waals surface area contributed by atoms with Crippen molar-refractivity contribution in [3.8, 4) is 34.0 Å². The summed E-state index contributed by atoms with van der Waals surface area (Å²) in [4.78, 5) is 11.3.